The number of nitrogens with one attached hydrogen (secondary N) is 1. The van der Waals surface area contributed by atoms with Crippen molar-refractivity contribution in [2.45, 2.75) is 31.3 Å². The van der Waals surface area contributed by atoms with Gasteiger partial charge in [0.25, 0.3) is 0 Å². The lowest BCUT2D eigenvalue weighted by Gasteiger charge is -2.12. The van der Waals surface area contributed by atoms with E-state index in [0.29, 0.717) is 6.61 Å². The van der Waals surface area contributed by atoms with E-state index in [4.69, 9.17) is 9.47 Å². The van der Waals surface area contributed by atoms with Crippen LogP contribution in [0.4, 0.5) is 10.1 Å². The molecule has 1 N–H and O–H groups in total. The predicted octanol–water partition coefficient (Wildman–Crippen LogP) is 4.13. The van der Waals surface area contributed by atoms with E-state index in [1.165, 1.54) is 12.1 Å². The smallest absolute Gasteiger partial charge is 0.228 e. The van der Waals surface area contributed by atoms with Crippen LogP contribution >= 0.6 is 0 Å². The minimum Gasteiger partial charge on any atom is -0.491 e. The lowest BCUT2D eigenvalue weighted by atomic mass is 10.1. The van der Waals surface area contributed by atoms with Gasteiger partial charge in [-0.3, -0.25) is 4.79 Å². The summed E-state index contributed by atoms with van der Waals surface area (Å²) in [6, 6.07) is 13.8. The van der Waals surface area contributed by atoms with Gasteiger partial charge in [-0.2, -0.15) is 0 Å². The Kier molecular flexibility index (Phi) is 4.89. The number of carbonyl (C=O) groups is 1. The largest absolute Gasteiger partial charge is 0.491 e. The van der Waals surface area contributed by atoms with Gasteiger partial charge in [0.15, 0.2) is 0 Å². The molecule has 2 aromatic carbocycles. The van der Waals surface area contributed by atoms with Crippen molar-refractivity contribution in [1.29, 1.82) is 0 Å². The molecule has 2 aromatic rings. The zero-order chi connectivity index (χ0) is 17.9. The summed E-state index contributed by atoms with van der Waals surface area (Å²) < 4.78 is 24.3. The maximum atomic E-state index is 13.0. The van der Waals surface area contributed by atoms with Crippen LogP contribution < -0.4 is 10.1 Å². The predicted molar refractivity (Wildman–Crippen MR) is 96.8 cm³/mol. The third-order valence-corrected chi connectivity index (χ3v) is 4.99. The average Bonchev–Trinajstić information content (AvgIpc) is 3.28. The maximum absolute atomic E-state index is 13.0. The normalized spacial score (nSPS) is 24.3. The van der Waals surface area contributed by atoms with Gasteiger partial charge in [-0.25, -0.2) is 4.39 Å². The molecule has 0 aromatic heterocycles. The van der Waals surface area contributed by atoms with Gasteiger partial charge in [0.2, 0.25) is 5.91 Å². The highest BCUT2D eigenvalue weighted by molar-refractivity contribution is 5.95. The van der Waals surface area contributed by atoms with Crippen molar-refractivity contribution in [3.8, 4) is 5.75 Å². The molecule has 1 saturated heterocycles. The number of amides is 1. The number of halogens is 1. The Bertz CT molecular complexity index is 771. The van der Waals surface area contributed by atoms with E-state index in [1.807, 2.05) is 24.3 Å². The molecule has 4 rings (SSSR count). The van der Waals surface area contributed by atoms with E-state index in [-0.39, 0.29) is 29.7 Å². The lowest BCUT2D eigenvalue weighted by Crippen LogP contribution is -2.17. The summed E-state index contributed by atoms with van der Waals surface area (Å²) >= 11 is 0. The van der Waals surface area contributed by atoms with Crippen LogP contribution in [0.5, 0.6) is 5.75 Å². The minimum atomic E-state index is -0.254. The monoisotopic (exact) mass is 355 g/mol. The van der Waals surface area contributed by atoms with Gasteiger partial charge in [0.05, 0.1) is 6.10 Å². The first-order valence-corrected chi connectivity index (χ1v) is 9.10. The average molecular weight is 355 g/mol. The highest BCUT2D eigenvalue weighted by Crippen LogP contribution is 2.48. The fourth-order valence-corrected chi connectivity index (χ4v) is 3.43. The molecule has 136 valence electrons. The number of hydrogen-bond acceptors (Lipinski definition) is 3. The Morgan fingerprint density at radius 2 is 2.08 bits per heavy atom. The van der Waals surface area contributed by atoms with Gasteiger partial charge >= 0.3 is 0 Å². The molecule has 0 bridgehead atoms. The topological polar surface area (TPSA) is 47.6 Å². The van der Waals surface area contributed by atoms with Gasteiger partial charge in [0.1, 0.15) is 18.2 Å². The first-order chi connectivity index (χ1) is 12.7. The Labute approximate surface area is 152 Å². The number of carbonyl (C=O) groups excluding carboxylic acids is 1. The molecule has 3 atom stereocenters. The van der Waals surface area contributed by atoms with E-state index < -0.39 is 0 Å². The van der Waals surface area contributed by atoms with Gasteiger partial charge < -0.3 is 14.8 Å². The first kappa shape index (κ1) is 17.0. The molecule has 2 fully saturated rings. The zero-order valence-corrected chi connectivity index (χ0v) is 14.5. The molecular weight excluding hydrogens is 333 g/mol. The van der Waals surface area contributed by atoms with Crippen LogP contribution in [-0.2, 0) is 9.53 Å². The van der Waals surface area contributed by atoms with Crippen LogP contribution in [-0.4, -0.2) is 25.2 Å². The summed E-state index contributed by atoms with van der Waals surface area (Å²) in [5.41, 5.74) is 1.74. The van der Waals surface area contributed by atoms with E-state index in [2.05, 4.69) is 5.32 Å². The summed E-state index contributed by atoms with van der Waals surface area (Å²) in [7, 11) is 0. The number of anilines is 1. The van der Waals surface area contributed by atoms with Gasteiger partial charge in [-0.1, -0.05) is 18.2 Å². The molecule has 4 nitrogen and oxygen atoms in total. The molecule has 1 saturated carbocycles. The minimum absolute atomic E-state index is 0.00407. The van der Waals surface area contributed by atoms with E-state index in [1.54, 1.807) is 12.1 Å². The van der Waals surface area contributed by atoms with E-state index >= 15 is 0 Å². The summed E-state index contributed by atoms with van der Waals surface area (Å²) in [5.74, 6) is 0.585. The SMILES string of the molecule is O=C(Nc1cccc(OCC2CCCO2)c1)C1CC1c1ccc(F)cc1. The first-order valence-electron chi connectivity index (χ1n) is 9.10. The summed E-state index contributed by atoms with van der Waals surface area (Å²) in [5, 5.41) is 2.96. The Hall–Kier alpha value is -2.40. The molecule has 0 radical (unpaired) electrons. The molecule has 5 heteroatoms. The highest BCUT2D eigenvalue weighted by atomic mass is 19.1. The standard InChI is InChI=1S/C21H22FNO3/c22-15-8-6-14(7-9-15)19-12-20(19)21(24)23-16-3-1-4-17(11-16)26-13-18-5-2-10-25-18/h1,3-4,6-9,11,18-20H,2,5,10,12-13H2,(H,23,24). The van der Waals surface area contributed by atoms with Crippen LogP contribution in [0.25, 0.3) is 0 Å². The van der Waals surface area contributed by atoms with Crippen molar-refractivity contribution in [2.24, 2.45) is 5.92 Å². The number of benzene rings is 2. The van der Waals surface area contributed by atoms with Gasteiger partial charge in [-0.15, -0.1) is 0 Å². The molecular formula is C21H22FNO3. The van der Waals surface area contributed by atoms with E-state index in [0.717, 1.165) is 42.9 Å². The van der Waals surface area contributed by atoms with Crippen LogP contribution in [0.2, 0.25) is 0 Å². The van der Waals surface area contributed by atoms with Gasteiger partial charge in [-0.05, 0) is 55.0 Å². The van der Waals surface area contributed by atoms with Crippen LogP contribution in [0.1, 0.15) is 30.7 Å². The quantitative estimate of drug-likeness (QED) is 0.848. The molecule has 3 unspecified atom stereocenters. The maximum Gasteiger partial charge on any atom is 0.228 e. The summed E-state index contributed by atoms with van der Waals surface area (Å²) in [6.45, 7) is 1.34. The second-order valence-electron chi connectivity index (χ2n) is 6.96. The zero-order valence-electron chi connectivity index (χ0n) is 14.5. The molecule has 2 aliphatic rings. The Morgan fingerprint density at radius 3 is 2.85 bits per heavy atom. The molecule has 1 amide bonds. The van der Waals surface area contributed by atoms with Crippen LogP contribution in [0, 0.1) is 11.7 Å². The fraction of sp³-hybridized carbons (Fsp3) is 0.381. The Morgan fingerprint density at radius 1 is 1.23 bits per heavy atom. The second-order valence-corrected chi connectivity index (χ2v) is 6.96. The van der Waals surface area contributed by atoms with Gasteiger partial charge in [0, 0.05) is 24.3 Å². The van der Waals surface area contributed by atoms with Crippen molar-refractivity contribution in [1.82, 2.24) is 0 Å². The number of ether oxygens (including phenoxy) is 2. The van der Waals surface area contributed by atoms with Crippen molar-refractivity contribution < 1.29 is 18.7 Å². The molecule has 1 heterocycles. The number of rotatable bonds is 6. The van der Waals surface area contributed by atoms with Crippen molar-refractivity contribution >= 4 is 11.6 Å². The molecule has 1 aliphatic carbocycles. The third-order valence-electron chi connectivity index (χ3n) is 4.99. The lowest BCUT2D eigenvalue weighted by molar-refractivity contribution is -0.117. The van der Waals surface area contributed by atoms with Crippen molar-refractivity contribution in [3.63, 3.8) is 0 Å². The molecule has 0 spiro atoms. The Balaban J connectivity index is 1.31. The van der Waals surface area contributed by atoms with Crippen LogP contribution in [0.3, 0.4) is 0 Å². The van der Waals surface area contributed by atoms with E-state index in [9.17, 15) is 9.18 Å². The second kappa shape index (κ2) is 7.46. The molecule has 1 aliphatic heterocycles. The van der Waals surface area contributed by atoms with Crippen molar-refractivity contribution in [2.75, 3.05) is 18.5 Å². The molecule has 26 heavy (non-hydrogen) atoms. The summed E-state index contributed by atoms with van der Waals surface area (Å²) in [4.78, 5) is 12.5. The summed E-state index contributed by atoms with van der Waals surface area (Å²) in [6.07, 6.45) is 3.08. The fourth-order valence-electron chi connectivity index (χ4n) is 3.43. The number of hydrogen-bond donors (Lipinski definition) is 1. The van der Waals surface area contributed by atoms with Crippen LogP contribution in [0.15, 0.2) is 48.5 Å². The van der Waals surface area contributed by atoms with Crippen molar-refractivity contribution in [3.05, 3.63) is 59.9 Å². The third kappa shape index (κ3) is 4.05. The highest BCUT2D eigenvalue weighted by Gasteiger charge is 2.43.